The van der Waals surface area contributed by atoms with Crippen molar-refractivity contribution in [3.8, 4) is 0 Å². The molecule has 1 aromatic rings. The van der Waals surface area contributed by atoms with Crippen molar-refractivity contribution in [2.75, 3.05) is 6.54 Å². The van der Waals surface area contributed by atoms with E-state index in [0.717, 1.165) is 69.9 Å². The molecule has 42 heavy (non-hydrogen) atoms. The van der Waals surface area contributed by atoms with E-state index in [2.05, 4.69) is 10.6 Å². The van der Waals surface area contributed by atoms with E-state index in [0.29, 0.717) is 32.2 Å². The standard InChI is InChI=1S/C30H42F2N3O6P/c31-23-13-8-14-24(32)22(23)19-42(39,40)30-18-20(30)10-4-2-1-3-5-15-25(33-29(38)41-21-11-6-7-12-21)28(37)35-17-9-16-26(35)27(36)34-30/h8,13-14,20-21,25-26H,1-7,9-12,15-19H2,(H,33,38)(H,34,36)(H,39,40)/t20-,25?,26+,30+/m1/s1. The number of hydrogen-bond acceptors (Lipinski definition) is 5. The number of amides is 3. The predicted octanol–water partition coefficient (Wildman–Crippen LogP) is 5.34. The number of ether oxygens (including phenoxy) is 1. The molecule has 9 nitrogen and oxygen atoms in total. The third kappa shape index (κ3) is 6.67. The fourth-order valence-corrected chi connectivity index (χ4v) is 9.53. The molecule has 4 aliphatic rings. The van der Waals surface area contributed by atoms with Gasteiger partial charge in [0.05, 0.1) is 6.16 Å². The summed E-state index contributed by atoms with van der Waals surface area (Å²) in [5, 5.41) is 4.09. The van der Waals surface area contributed by atoms with Crippen LogP contribution in [0, 0.1) is 17.6 Å². The Kier molecular flexibility index (Phi) is 9.57. The van der Waals surface area contributed by atoms with Gasteiger partial charge in [0.15, 0.2) is 0 Å². The second-order valence-electron chi connectivity index (χ2n) is 12.4. The van der Waals surface area contributed by atoms with Crippen LogP contribution in [0.25, 0.3) is 0 Å². The predicted molar refractivity (Wildman–Crippen MR) is 152 cm³/mol. The molecule has 2 heterocycles. The molecule has 2 saturated heterocycles. The summed E-state index contributed by atoms with van der Waals surface area (Å²) in [6, 6.07) is 1.58. The fraction of sp³-hybridized carbons (Fsp3) is 0.700. The summed E-state index contributed by atoms with van der Waals surface area (Å²) in [5.74, 6) is -3.03. The Morgan fingerprint density at radius 1 is 1.00 bits per heavy atom. The first-order valence-electron chi connectivity index (χ1n) is 15.5. The number of rotatable bonds is 5. The summed E-state index contributed by atoms with van der Waals surface area (Å²) in [7, 11) is -4.34. The van der Waals surface area contributed by atoms with Gasteiger partial charge in [-0.1, -0.05) is 38.2 Å². The van der Waals surface area contributed by atoms with Crippen molar-refractivity contribution in [1.82, 2.24) is 15.5 Å². The molecule has 12 heteroatoms. The van der Waals surface area contributed by atoms with Gasteiger partial charge in [-0.2, -0.15) is 0 Å². The second kappa shape index (κ2) is 13.0. The molecular formula is C30H42F2N3O6P. The van der Waals surface area contributed by atoms with Crippen LogP contribution in [-0.2, 0) is 25.1 Å². The first-order valence-corrected chi connectivity index (χ1v) is 17.3. The quantitative estimate of drug-likeness (QED) is 0.387. The van der Waals surface area contributed by atoms with E-state index in [1.54, 1.807) is 0 Å². The fourth-order valence-electron chi connectivity index (χ4n) is 7.03. The van der Waals surface area contributed by atoms with Crippen LogP contribution in [0.2, 0.25) is 0 Å². The lowest BCUT2D eigenvalue weighted by Gasteiger charge is -2.32. The Labute approximate surface area is 245 Å². The van der Waals surface area contributed by atoms with Crippen LogP contribution in [-0.4, -0.2) is 57.7 Å². The van der Waals surface area contributed by atoms with Crippen LogP contribution >= 0.6 is 7.37 Å². The molecule has 2 aliphatic heterocycles. The van der Waals surface area contributed by atoms with Gasteiger partial charge in [0, 0.05) is 12.1 Å². The molecule has 2 unspecified atom stereocenters. The summed E-state index contributed by atoms with van der Waals surface area (Å²) in [6.07, 6.45) is 8.42. The van der Waals surface area contributed by atoms with E-state index >= 15 is 0 Å². The van der Waals surface area contributed by atoms with Crippen LogP contribution in [0.15, 0.2) is 18.2 Å². The van der Waals surface area contributed by atoms with Crippen molar-refractivity contribution in [3.05, 3.63) is 35.4 Å². The van der Waals surface area contributed by atoms with Crippen molar-refractivity contribution in [1.29, 1.82) is 0 Å². The van der Waals surface area contributed by atoms with Gasteiger partial charge in [-0.3, -0.25) is 14.2 Å². The molecule has 0 spiro atoms. The van der Waals surface area contributed by atoms with Gasteiger partial charge >= 0.3 is 6.09 Å². The highest BCUT2D eigenvalue weighted by atomic mass is 31.2. The van der Waals surface area contributed by atoms with Gasteiger partial charge < -0.3 is 25.2 Å². The normalized spacial score (nSPS) is 30.7. The molecule has 1 aromatic carbocycles. The summed E-state index contributed by atoms with van der Waals surface area (Å²) in [4.78, 5) is 52.9. The molecule has 4 fully saturated rings. The molecule has 0 radical (unpaired) electrons. The maximum atomic E-state index is 14.5. The first-order chi connectivity index (χ1) is 20.1. The average molecular weight is 610 g/mol. The van der Waals surface area contributed by atoms with Gasteiger partial charge in [0.2, 0.25) is 19.2 Å². The zero-order valence-corrected chi connectivity index (χ0v) is 24.9. The molecule has 0 bridgehead atoms. The van der Waals surface area contributed by atoms with Crippen molar-refractivity contribution in [3.63, 3.8) is 0 Å². The Morgan fingerprint density at radius 3 is 2.36 bits per heavy atom. The monoisotopic (exact) mass is 609 g/mol. The minimum Gasteiger partial charge on any atom is -0.446 e. The molecule has 3 N–H and O–H groups in total. The Balaban J connectivity index is 1.35. The number of halogens is 2. The number of hydrogen-bond donors (Lipinski definition) is 3. The third-order valence-corrected chi connectivity index (χ3v) is 12.2. The molecule has 5 atom stereocenters. The van der Waals surface area contributed by atoms with Gasteiger partial charge in [-0.25, -0.2) is 13.6 Å². The van der Waals surface area contributed by atoms with Crippen molar-refractivity contribution in [2.45, 2.75) is 120 Å². The Hall–Kier alpha value is -2.52. The number of benzene rings is 1. The molecule has 5 rings (SSSR count). The van der Waals surface area contributed by atoms with Gasteiger partial charge in [-0.15, -0.1) is 0 Å². The van der Waals surface area contributed by atoms with E-state index in [1.807, 2.05) is 0 Å². The van der Waals surface area contributed by atoms with Crippen LogP contribution in [0.5, 0.6) is 0 Å². The number of carbonyl (C=O) groups excluding carboxylic acids is 3. The Bertz CT molecular complexity index is 1210. The zero-order chi connectivity index (χ0) is 29.9. The average Bonchev–Trinajstić information content (AvgIpc) is 3.27. The third-order valence-electron chi connectivity index (χ3n) is 9.52. The largest absolute Gasteiger partial charge is 0.446 e. The van der Waals surface area contributed by atoms with Crippen LogP contribution in [0.3, 0.4) is 0 Å². The number of nitrogens with one attached hydrogen (secondary N) is 2. The SMILES string of the molecule is O=C(NC1CCCCCCC[C@@H]2C[C@@]2(P(=O)(O)Cc2c(F)cccc2F)NC(=O)[C@@H]2CCCN2C1=O)OC1CCCC1. The number of nitrogens with zero attached hydrogens (tertiary/aromatic N) is 1. The van der Waals surface area contributed by atoms with E-state index < -0.39 is 60.1 Å². The molecular weight excluding hydrogens is 567 g/mol. The van der Waals surface area contributed by atoms with E-state index in [1.165, 1.54) is 11.0 Å². The zero-order valence-electron chi connectivity index (χ0n) is 24.0. The minimum atomic E-state index is -4.34. The highest BCUT2D eigenvalue weighted by Crippen LogP contribution is 2.71. The summed E-state index contributed by atoms with van der Waals surface area (Å²) in [6.45, 7) is 0.320. The molecule has 0 aromatic heterocycles. The second-order valence-corrected chi connectivity index (χ2v) is 14.9. The number of alkyl carbamates (subject to hydrolysis) is 1. The topological polar surface area (TPSA) is 125 Å². The maximum Gasteiger partial charge on any atom is 0.408 e. The van der Waals surface area contributed by atoms with Gasteiger partial charge in [0.25, 0.3) is 0 Å². The van der Waals surface area contributed by atoms with Gasteiger partial charge in [0.1, 0.15) is 35.1 Å². The molecule has 2 aliphatic carbocycles. The lowest BCUT2D eigenvalue weighted by molar-refractivity contribution is -0.140. The van der Waals surface area contributed by atoms with Crippen LogP contribution in [0.4, 0.5) is 13.6 Å². The Morgan fingerprint density at radius 2 is 1.64 bits per heavy atom. The highest BCUT2D eigenvalue weighted by molar-refractivity contribution is 7.59. The summed E-state index contributed by atoms with van der Waals surface area (Å²) >= 11 is 0. The van der Waals surface area contributed by atoms with Crippen molar-refractivity contribution >= 4 is 25.3 Å². The smallest absolute Gasteiger partial charge is 0.408 e. The highest BCUT2D eigenvalue weighted by Gasteiger charge is 2.66. The van der Waals surface area contributed by atoms with E-state index in [-0.39, 0.29) is 24.3 Å². The molecule has 3 amide bonds. The lowest BCUT2D eigenvalue weighted by Crippen LogP contribution is -2.55. The molecule has 232 valence electrons. The van der Waals surface area contributed by atoms with E-state index in [4.69, 9.17) is 4.74 Å². The summed E-state index contributed by atoms with van der Waals surface area (Å²) in [5.41, 5.74) is -0.468. The lowest BCUT2D eigenvalue weighted by atomic mass is 10.0. The molecule has 2 saturated carbocycles. The minimum absolute atomic E-state index is 0.151. The van der Waals surface area contributed by atoms with Crippen LogP contribution < -0.4 is 10.6 Å². The number of carbonyl (C=O) groups is 3. The van der Waals surface area contributed by atoms with Crippen LogP contribution in [0.1, 0.15) is 95.5 Å². The first kappa shape index (κ1) is 30.9. The maximum absolute atomic E-state index is 14.5. The van der Waals surface area contributed by atoms with E-state index in [9.17, 15) is 32.6 Å². The van der Waals surface area contributed by atoms with Crippen molar-refractivity contribution < 1.29 is 37.4 Å². The van der Waals surface area contributed by atoms with Crippen molar-refractivity contribution in [2.24, 2.45) is 5.92 Å². The van der Waals surface area contributed by atoms with Gasteiger partial charge in [-0.05, 0) is 75.8 Å². The number of fused-ring (bicyclic) bond motifs is 2. The summed E-state index contributed by atoms with van der Waals surface area (Å²) < 4.78 is 48.4.